The van der Waals surface area contributed by atoms with Gasteiger partial charge in [0.15, 0.2) is 0 Å². The van der Waals surface area contributed by atoms with E-state index in [1.54, 1.807) is 18.2 Å². The molecular weight excluding hydrogens is 200 g/mol. The summed E-state index contributed by atoms with van der Waals surface area (Å²) in [4.78, 5) is 24.2. The van der Waals surface area contributed by atoms with Crippen LogP contribution in [0.4, 0.5) is 0 Å². The fourth-order valence-electron chi connectivity index (χ4n) is 1.12. The van der Waals surface area contributed by atoms with Gasteiger partial charge in [0, 0.05) is 6.54 Å². The van der Waals surface area contributed by atoms with E-state index in [9.17, 15) is 14.9 Å². The molecule has 0 aromatic heterocycles. The number of hydrogen-bond donors (Lipinski definition) is 1. The van der Waals surface area contributed by atoms with Crippen molar-refractivity contribution in [2.24, 2.45) is 0 Å². The van der Waals surface area contributed by atoms with E-state index in [2.05, 4.69) is 10.2 Å². The fraction of sp³-hybridized carbons (Fsp3) is 0.222. The topological polar surface area (TPSA) is 81.5 Å². The number of rotatable bonds is 6. The lowest BCUT2D eigenvalue weighted by Gasteiger charge is -2.03. The molecule has 15 heavy (non-hydrogen) atoms. The van der Waals surface area contributed by atoms with Crippen LogP contribution in [0, 0.1) is 10.1 Å². The molecule has 0 aliphatic rings. The third-order valence-electron chi connectivity index (χ3n) is 1.72. The molecule has 0 atom stereocenters. The van der Waals surface area contributed by atoms with Gasteiger partial charge in [0.2, 0.25) is 6.41 Å². The highest BCUT2D eigenvalue weighted by Crippen LogP contribution is 2.06. The molecule has 0 saturated heterocycles. The summed E-state index contributed by atoms with van der Waals surface area (Å²) >= 11 is 0. The van der Waals surface area contributed by atoms with Crippen molar-refractivity contribution < 1.29 is 14.7 Å². The maximum Gasteiger partial charge on any atom is 0.294 e. The minimum absolute atomic E-state index is 0.0814. The Bertz CT molecular complexity index is 354. The summed E-state index contributed by atoms with van der Waals surface area (Å²) in [6.07, 6.45) is 0.597. The standard InChI is InChI=1S/C9H10N2O4/c12-7-10-5-8-2-1-3-9(4-8)6-15-11(13)14/h1-4,7H,5-6H2,(H,10,12). The summed E-state index contributed by atoms with van der Waals surface area (Å²) in [6, 6.07) is 7.01. The first-order chi connectivity index (χ1) is 7.22. The largest absolute Gasteiger partial charge is 0.355 e. The minimum atomic E-state index is -0.837. The Balaban J connectivity index is 2.57. The molecule has 0 spiro atoms. The Morgan fingerprint density at radius 3 is 2.87 bits per heavy atom. The molecule has 0 aliphatic heterocycles. The predicted octanol–water partition coefficient (Wildman–Crippen LogP) is 0.641. The molecule has 1 amide bonds. The summed E-state index contributed by atoms with van der Waals surface area (Å²) in [5.41, 5.74) is 1.56. The molecule has 6 nitrogen and oxygen atoms in total. The van der Waals surface area contributed by atoms with E-state index in [0.717, 1.165) is 5.56 Å². The van der Waals surface area contributed by atoms with E-state index in [4.69, 9.17) is 0 Å². The molecule has 0 bridgehead atoms. The van der Waals surface area contributed by atoms with Gasteiger partial charge < -0.3 is 10.2 Å². The van der Waals surface area contributed by atoms with Crippen LogP contribution in [0.3, 0.4) is 0 Å². The molecule has 1 aromatic rings. The number of amides is 1. The van der Waals surface area contributed by atoms with E-state index in [0.29, 0.717) is 18.5 Å². The van der Waals surface area contributed by atoms with Crippen LogP contribution >= 0.6 is 0 Å². The monoisotopic (exact) mass is 210 g/mol. The first-order valence-electron chi connectivity index (χ1n) is 4.24. The van der Waals surface area contributed by atoms with Crippen molar-refractivity contribution >= 4 is 6.41 Å². The molecule has 0 unspecified atom stereocenters. The predicted molar refractivity (Wildman–Crippen MR) is 51.1 cm³/mol. The number of carbonyl (C=O) groups excluding carboxylic acids is 1. The molecule has 0 radical (unpaired) electrons. The lowest BCUT2D eigenvalue weighted by atomic mass is 10.1. The van der Waals surface area contributed by atoms with Crippen molar-refractivity contribution in [3.05, 3.63) is 45.5 Å². The van der Waals surface area contributed by atoms with Crippen molar-refractivity contribution in [1.82, 2.24) is 5.32 Å². The van der Waals surface area contributed by atoms with Gasteiger partial charge in [0.1, 0.15) is 6.61 Å². The number of carbonyl (C=O) groups is 1. The fourth-order valence-corrected chi connectivity index (χ4v) is 1.12. The molecule has 0 heterocycles. The maximum atomic E-state index is 10.1. The SMILES string of the molecule is O=CNCc1cccc(CO[N+](=O)[O-])c1. The van der Waals surface area contributed by atoms with Crippen molar-refractivity contribution in [2.45, 2.75) is 13.2 Å². The van der Waals surface area contributed by atoms with Gasteiger partial charge in [-0.3, -0.25) is 4.79 Å². The van der Waals surface area contributed by atoms with Gasteiger partial charge in [-0.05, 0) is 11.1 Å². The van der Waals surface area contributed by atoms with E-state index in [-0.39, 0.29) is 6.61 Å². The number of nitrogens with zero attached hydrogens (tertiary/aromatic N) is 1. The maximum absolute atomic E-state index is 10.1. The van der Waals surface area contributed by atoms with Gasteiger partial charge in [-0.1, -0.05) is 24.3 Å². The Morgan fingerprint density at radius 2 is 2.20 bits per heavy atom. The number of hydrogen-bond acceptors (Lipinski definition) is 4. The number of benzene rings is 1. The quantitative estimate of drug-likeness (QED) is 0.424. The Kier molecular flexibility index (Phi) is 4.08. The highest BCUT2D eigenvalue weighted by atomic mass is 16.9. The molecule has 0 fully saturated rings. The highest BCUT2D eigenvalue weighted by molar-refractivity contribution is 5.46. The summed E-state index contributed by atoms with van der Waals surface area (Å²) in [5.74, 6) is 0. The Labute approximate surface area is 86.0 Å². The molecule has 0 aliphatic carbocycles. The van der Waals surface area contributed by atoms with Crippen LogP contribution in [0.1, 0.15) is 11.1 Å². The van der Waals surface area contributed by atoms with Gasteiger partial charge in [-0.2, -0.15) is 0 Å². The van der Waals surface area contributed by atoms with Gasteiger partial charge in [-0.25, -0.2) is 0 Å². The second-order valence-electron chi connectivity index (χ2n) is 2.82. The van der Waals surface area contributed by atoms with E-state index in [1.807, 2.05) is 6.07 Å². The molecule has 1 aromatic carbocycles. The van der Waals surface area contributed by atoms with Crippen LogP contribution < -0.4 is 5.32 Å². The first kappa shape index (κ1) is 11.0. The van der Waals surface area contributed by atoms with E-state index in [1.165, 1.54) is 0 Å². The number of nitrogens with one attached hydrogen (secondary N) is 1. The second-order valence-corrected chi connectivity index (χ2v) is 2.82. The van der Waals surface area contributed by atoms with Crippen molar-refractivity contribution in [3.63, 3.8) is 0 Å². The zero-order valence-corrected chi connectivity index (χ0v) is 7.88. The van der Waals surface area contributed by atoms with E-state index < -0.39 is 5.09 Å². The van der Waals surface area contributed by atoms with Gasteiger partial charge in [0.05, 0.1) is 0 Å². The smallest absolute Gasteiger partial charge is 0.294 e. The van der Waals surface area contributed by atoms with Crippen LogP contribution in [0.2, 0.25) is 0 Å². The molecule has 0 saturated carbocycles. The summed E-state index contributed by atoms with van der Waals surface area (Å²) in [5, 5.41) is 11.6. The van der Waals surface area contributed by atoms with Crippen LogP contribution in [0.15, 0.2) is 24.3 Å². The summed E-state index contributed by atoms with van der Waals surface area (Å²) in [7, 11) is 0. The average molecular weight is 210 g/mol. The molecule has 1 N–H and O–H groups in total. The normalized spacial score (nSPS) is 9.33. The van der Waals surface area contributed by atoms with Crippen molar-refractivity contribution in [2.75, 3.05) is 0 Å². The van der Waals surface area contributed by atoms with Crippen LogP contribution in [0.25, 0.3) is 0 Å². The molecule has 80 valence electrons. The summed E-state index contributed by atoms with van der Waals surface area (Å²) in [6.45, 7) is 0.317. The van der Waals surface area contributed by atoms with Crippen LogP contribution in [0.5, 0.6) is 0 Å². The Hall–Kier alpha value is -2.11. The van der Waals surface area contributed by atoms with Crippen LogP contribution in [-0.2, 0) is 22.8 Å². The minimum Gasteiger partial charge on any atom is -0.355 e. The van der Waals surface area contributed by atoms with Gasteiger partial charge in [0.25, 0.3) is 5.09 Å². The Morgan fingerprint density at radius 1 is 1.47 bits per heavy atom. The molecule has 1 rings (SSSR count). The third-order valence-corrected chi connectivity index (χ3v) is 1.72. The summed E-state index contributed by atoms with van der Waals surface area (Å²) < 4.78 is 0. The average Bonchev–Trinajstić information content (AvgIpc) is 2.24. The zero-order valence-electron chi connectivity index (χ0n) is 7.88. The van der Waals surface area contributed by atoms with Gasteiger partial charge >= 0.3 is 0 Å². The molecular formula is C9H10N2O4. The third kappa shape index (κ3) is 4.08. The van der Waals surface area contributed by atoms with Crippen molar-refractivity contribution in [1.29, 1.82) is 0 Å². The lowest BCUT2D eigenvalue weighted by Crippen LogP contribution is -2.10. The lowest BCUT2D eigenvalue weighted by molar-refractivity contribution is -0.763. The zero-order chi connectivity index (χ0) is 11.1. The highest BCUT2D eigenvalue weighted by Gasteiger charge is 1.99. The van der Waals surface area contributed by atoms with E-state index >= 15 is 0 Å². The van der Waals surface area contributed by atoms with Gasteiger partial charge in [-0.15, -0.1) is 10.1 Å². The molecule has 6 heteroatoms. The van der Waals surface area contributed by atoms with Crippen molar-refractivity contribution in [3.8, 4) is 0 Å². The van der Waals surface area contributed by atoms with Crippen LogP contribution in [-0.4, -0.2) is 11.5 Å². The first-order valence-corrected chi connectivity index (χ1v) is 4.24. The second kappa shape index (κ2) is 5.58.